The Labute approximate surface area is 234 Å². The minimum absolute atomic E-state index is 0.216. The fourth-order valence-electron chi connectivity index (χ4n) is 4.03. The van der Waals surface area contributed by atoms with Crippen LogP contribution in [0.25, 0.3) is 0 Å². The summed E-state index contributed by atoms with van der Waals surface area (Å²) in [5.41, 5.74) is 3.10. The van der Waals surface area contributed by atoms with Gasteiger partial charge >= 0.3 is 6.09 Å². The first-order valence-electron chi connectivity index (χ1n) is 12.4. The van der Waals surface area contributed by atoms with Crippen molar-refractivity contribution in [2.75, 3.05) is 53.1 Å². The minimum Gasteiger partial charge on any atom is -0.444 e. The van der Waals surface area contributed by atoms with Crippen LogP contribution in [0.4, 0.5) is 4.79 Å². The molecule has 0 radical (unpaired) electrons. The number of benzene rings is 2. The lowest BCUT2D eigenvalue weighted by Crippen LogP contribution is -2.34. The van der Waals surface area contributed by atoms with Crippen molar-refractivity contribution in [2.24, 2.45) is 0 Å². The number of rotatable bonds is 12. The molecule has 2 N–H and O–H groups in total. The molecule has 0 bridgehead atoms. The van der Waals surface area contributed by atoms with Crippen molar-refractivity contribution < 1.29 is 19.0 Å². The zero-order valence-corrected chi connectivity index (χ0v) is 24.3. The maximum absolute atomic E-state index is 11.5. The van der Waals surface area contributed by atoms with Crippen LogP contribution in [0.1, 0.15) is 43.4 Å². The third kappa shape index (κ3) is 10.3. The van der Waals surface area contributed by atoms with Gasteiger partial charge in [0, 0.05) is 47.0 Å². The second-order valence-corrected chi connectivity index (χ2v) is 11.7. The van der Waals surface area contributed by atoms with E-state index in [1.807, 2.05) is 26.8 Å². The molecule has 0 saturated carbocycles. The number of nitrogens with one attached hydrogen (secondary N) is 2. The van der Waals surface area contributed by atoms with Crippen LogP contribution in [0, 0.1) is 0 Å². The van der Waals surface area contributed by atoms with Gasteiger partial charge < -0.3 is 24.4 Å². The van der Waals surface area contributed by atoms with E-state index in [1.54, 1.807) is 11.9 Å². The number of ether oxygens (including phenoxy) is 3. The van der Waals surface area contributed by atoms with Crippen LogP contribution in [0.2, 0.25) is 10.0 Å². The number of hydrogen-bond donors (Lipinski definition) is 2. The van der Waals surface area contributed by atoms with Crippen molar-refractivity contribution >= 4 is 41.2 Å². The molecule has 1 unspecified atom stereocenters. The average molecular weight is 571 g/mol. The van der Waals surface area contributed by atoms with E-state index < -0.39 is 11.7 Å². The Hall–Kier alpha value is -1.52. The molecule has 2 aromatic carbocycles. The number of carbonyl (C=O) groups excluding carboxylic acids is 1. The van der Waals surface area contributed by atoms with E-state index in [0.29, 0.717) is 44.5 Å². The van der Waals surface area contributed by atoms with Gasteiger partial charge in [-0.2, -0.15) is 0 Å². The van der Waals surface area contributed by atoms with Crippen LogP contribution in [-0.2, 0) is 20.8 Å². The number of halogens is 2. The molecule has 1 aliphatic heterocycles. The molecular weight excluding hydrogens is 533 g/mol. The Kier molecular flexibility index (Phi) is 11.8. The van der Waals surface area contributed by atoms with Crippen LogP contribution in [0.15, 0.2) is 41.3 Å². The third-order valence-corrected chi connectivity index (χ3v) is 6.97. The number of alkyl carbamates (subject to hydrolysis) is 1. The molecule has 3 rings (SSSR count). The summed E-state index contributed by atoms with van der Waals surface area (Å²) in [5.74, 6) is 0.216. The van der Waals surface area contributed by atoms with E-state index in [9.17, 15) is 4.79 Å². The van der Waals surface area contributed by atoms with Gasteiger partial charge in [0.1, 0.15) is 5.60 Å². The molecule has 7 nitrogen and oxygen atoms in total. The van der Waals surface area contributed by atoms with Crippen LogP contribution in [0.3, 0.4) is 0 Å². The molecular formula is C27H37Cl2N3O4S. The fraction of sp³-hybridized carbons (Fsp3) is 0.519. The van der Waals surface area contributed by atoms with E-state index in [1.165, 1.54) is 11.1 Å². The normalized spacial score (nSPS) is 15.9. The van der Waals surface area contributed by atoms with Gasteiger partial charge in [-0.25, -0.2) is 4.79 Å². The number of carbonyl (C=O) groups is 1. The summed E-state index contributed by atoms with van der Waals surface area (Å²) >= 11 is 14.4. The fourth-order valence-corrected chi connectivity index (χ4v) is 5.30. The van der Waals surface area contributed by atoms with Gasteiger partial charge in [-0.05, 0) is 80.7 Å². The highest BCUT2D eigenvalue weighted by atomic mass is 35.5. The predicted octanol–water partition coefficient (Wildman–Crippen LogP) is 5.73. The summed E-state index contributed by atoms with van der Waals surface area (Å²) in [6.45, 7) is 10.3. The van der Waals surface area contributed by atoms with E-state index in [-0.39, 0.29) is 5.92 Å². The van der Waals surface area contributed by atoms with Crippen molar-refractivity contribution in [2.45, 2.75) is 43.7 Å². The molecule has 204 valence electrons. The van der Waals surface area contributed by atoms with E-state index in [2.05, 4.69) is 52.3 Å². The minimum atomic E-state index is -0.504. The quantitative estimate of drug-likeness (QED) is 0.250. The Morgan fingerprint density at radius 1 is 1.08 bits per heavy atom. The Morgan fingerprint density at radius 2 is 1.81 bits per heavy atom. The number of hydrogen-bond acceptors (Lipinski definition) is 7. The van der Waals surface area contributed by atoms with Crippen LogP contribution in [0.5, 0.6) is 0 Å². The van der Waals surface area contributed by atoms with Gasteiger partial charge in [-0.1, -0.05) is 35.3 Å². The molecule has 2 aromatic rings. The van der Waals surface area contributed by atoms with Crippen molar-refractivity contribution in [1.82, 2.24) is 14.9 Å². The summed E-state index contributed by atoms with van der Waals surface area (Å²) in [4.78, 5) is 15.0. The van der Waals surface area contributed by atoms with Gasteiger partial charge in [-0.15, -0.1) is 0 Å². The Balaban J connectivity index is 1.34. The number of fused-ring (bicyclic) bond motifs is 1. The summed E-state index contributed by atoms with van der Waals surface area (Å²) in [5, 5.41) is 4.06. The van der Waals surface area contributed by atoms with Crippen molar-refractivity contribution in [3.05, 3.63) is 63.1 Å². The molecule has 0 spiro atoms. The van der Waals surface area contributed by atoms with Crippen molar-refractivity contribution in [3.8, 4) is 0 Å². The molecule has 0 fully saturated rings. The lowest BCUT2D eigenvalue weighted by Gasteiger charge is -2.33. The number of nitrogens with zero attached hydrogens (tertiary/aromatic N) is 1. The Bertz CT molecular complexity index is 1040. The monoisotopic (exact) mass is 569 g/mol. The molecule has 1 heterocycles. The zero-order chi connectivity index (χ0) is 26.8. The highest BCUT2D eigenvalue weighted by molar-refractivity contribution is 7.97. The van der Waals surface area contributed by atoms with Gasteiger partial charge in [0.25, 0.3) is 0 Å². The van der Waals surface area contributed by atoms with Crippen molar-refractivity contribution in [1.29, 1.82) is 0 Å². The maximum Gasteiger partial charge on any atom is 0.407 e. The standard InChI is InChI=1S/C27H37Cl2N3O4S/c1-27(2,3)36-26(33)30-8-10-34-12-13-35-11-9-31-37-21-7-5-6-19(14-21)23-17-32(4)18-24-22(23)15-20(28)16-25(24)29/h5-7,14-16,23,31H,8-13,17-18H2,1-4H3,(H,30,33). The van der Waals surface area contributed by atoms with E-state index >= 15 is 0 Å². The first kappa shape index (κ1) is 30.0. The van der Waals surface area contributed by atoms with Gasteiger partial charge in [-0.3, -0.25) is 4.72 Å². The SMILES string of the molecule is CN1Cc2c(Cl)cc(Cl)cc2C(c2cccc(SNCCOCCOCCNC(=O)OC(C)(C)C)c2)C1. The van der Waals surface area contributed by atoms with Crippen LogP contribution >= 0.6 is 35.1 Å². The molecule has 37 heavy (non-hydrogen) atoms. The highest BCUT2D eigenvalue weighted by Gasteiger charge is 2.27. The Morgan fingerprint density at radius 3 is 2.54 bits per heavy atom. The molecule has 0 aromatic heterocycles. The van der Waals surface area contributed by atoms with Crippen molar-refractivity contribution in [3.63, 3.8) is 0 Å². The second kappa shape index (κ2) is 14.6. The largest absolute Gasteiger partial charge is 0.444 e. The first-order valence-corrected chi connectivity index (χ1v) is 14.0. The molecule has 1 aliphatic rings. The molecule has 1 amide bonds. The van der Waals surface area contributed by atoms with Crippen LogP contribution in [-0.4, -0.2) is 69.7 Å². The maximum atomic E-state index is 11.5. The lowest BCUT2D eigenvalue weighted by molar-refractivity contribution is 0.0409. The number of likely N-dealkylation sites (N-methyl/N-ethyl adjacent to an activating group) is 1. The van der Waals surface area contributed by atoms with E-state index in [0.717, 1.165) is 28.6 Å². The number of amides is 1. The molecule has 0 aliphatic carbocycles. The molecule has 0 saturated heterocycles. The van der Waals surface area contributed by atoms with E-state index in [4.69, 9.17) is 37.4 Å². The van der Waals surface area contributed by atoms with Gasteiger partial charge in [0.15, 0.2) is 0 Å². The summed E-state index contributed by atoms with van der Waals surface area (Å²) in [6, 6.07) is 12.5. The summed E-state index contributed by atoms with van der Waals surface area (Å²) in [7, 11) is 2.12. The molecule has 10 heteroatoms. The zero-order valence-electron chi connectivity index (χ0n) is 21.9. The second-order valence-electron chi connectivity index (χ2n) is 9.93. The van der Waals surface area contributed by atoms with Crippen LogP contribution < -0.4 is 10.0 Å². The smallest absolute Gasteiger partial charge is 0.407 e. The molecule has 1 atom stereocenters. The topological polar surface area (TPSA) is 72.1 Å². The average Bonchev–Trinajstić information content (AvgIpc) is 2.81. The summed E-state index contributed by atoms with van der Waals surface area (Å²) in [6.07, 6.45) is -0.439. The van der Waals surface area contributed by atoms with Gasteiger partial charge in [0.05, 0.1) is 26.4 Å². The first-order chi connectivity index (χ1) is 17.6. The summed E-state index contributed by atoms with van der Waals surface area (Å²) < 4.78 is 19.6. The van der Waals surface area contributed by atoms with Gasteiger partial charge in [0.2, 0.25) is 0 Å². The lowest BCUT2D eigenvalue weighted by atomic mass is 9.85. The highest BCUT2D eigenvalue weighted by Crippen LogP contribution is 2.39. The third-order valence-electron chi connectivity index (χ3n) is 5.58. The predicted molar refractivity (Wildman–Crippen MR) is 151 cm³/mol.